The summed E-state index contributed by atoms with van der Waals surface area (Å²) in [5.74, 6) is 0.901. The van der Waals surface area contributed by atoms with Crippen molar-refractivity contribution < 1.29 is 14.3 Å². The molecule has 0 radical (unpaired) electrons. The molecular weight excluding hydrogens is 326 g/mol. The normalized spacial score (nSPS) is 21.1. The smallest absolute Gasteiger partial charge is 0.256 e. The van der Waals surface area contributed by atoms with E-state index in [0.29, 0.717) is 38.4 Å². The standard InChI is InChI=1S/C17H23N3O3S/c1-2-24-15-6-5-13(12-18-15)16(21)20-7-3-4-14(20)17(22)19-8-10-23-11-9-19/h5-6,12,14H,2-4,7-11H2,1H3/t14-/m1/s1. The Kier molecular flexibility index (Phi) is 5.73. The van der Waals surface area contributed by atoms with Crippen LogP contribution in [0.3, 0.4) is 0 Å². The molecule has 1 aromatic heterocycles. The molecule has 3 heterocycles. The minimum absolute atomic E-state index is 0.0512. The molecule has 0 aliphatic carbocycles. The maximum absolute atomic E-state index is 12.8. The van der Waals surface area contributed by atoms with Gasteiger partial charge in [-0.3, -0.25) is 9.59 Å². The lowest BCUT2D eigenvalue weighted by Crippen LogP contribution is -2.51. The fourth-order valence-corrected chi connectivity index (χ4v) is 3.75. The van der Waals surface area contributed by atoms with Crippen molar-refractivity contribution in [2.75, 3.05) is 38.6 Å². The summed E-state index contributed by atoms with van der Waals surface area (Å²) in [5, 5.41) is 0.913. The summed E-state index contributed by atoms with van der Waals surface area (Å²) in [6.07, 6.45) is 3.22. The molecule has 6 nitrogen and oxygen atoms in total. The Labute approximate surface area is 146 Å². The lowest BCUT2D eigenvalue weighted by Gasteiger charge is -2.32. The molecule has 2 aliphatic heterocycles. The number of carbonyl (C=O) groups is 2. The highest BCUT2D eigenvalue weighted by atomic mass is 32.2. The number of thioether (sulfide) groups is 1. The Morgan fingerprint density at radius 3 is 2.75 bits per heavy atom. The summed E-state index contributed by atoms with van der Waals surface area (Å²) in [4.78, 5) is 33.4. The van der Waals surface area contributed by atoms with Gasteiger partial charge in [-0.15, -0.1) is 11.8 Å². The summed E-state index contributed by atoms with van der Waals surface area (Å²) in [5.41, 5.74) is 0.553. The average Bonchev–Trinajstić information content (AvgIpc) is 3.12. The molecular formula is C17H23N3O3S. The SMILES string of the molecule is CCSc1ccc(C(=O)N2CCC[C@@H]2C(=O)N2CCOCC2)cn1. The fourth-order valence-electron chi connectivity index (χ4n) is 3.17. The van der Waals surface area contributed by atoms with Gasteiger partial charge in [0.25, 0.3) is 5.91 Å². The van der Waals surface area contributed by atoms with Crippen molar-refractivity contribution in [2.24, 2.45) is 0 Å². The summed E-state index contributed by atoms with van der Waals surface area (Å²) in [6.45, 7) is 5.08. The lowest BCUT2D eigenvalue weighted by atomic mass is 10.1. The third-order valence-corrected chi connectivity index (χ3v) is 5.22. The van der Waals surface area contributed by atoms with E-state index in [1.165, 1.54) is 0 Å². The summed E-state index contributed by atoms with van der Waals surface area (Å²) in [7, 11) is 0. The Morgan fingerprint density at radius 1 is 1.29 bits per heavy atom. The minimum atomic E-state index is -0.347. The Morgan fingerprint density at radius 2 is 2.08 bits per heavy atom. The quantitative estimate of drug-likeness (QED) is 0.774. The van der Waals surface area contributed by atoms with E-state index in [1.807, 2.05) is 17.0 Å². The van der Waals surface area contributed by atoms with Crippen LogP contribution in [0.4, 0.5) is 0 Å². The van der Waals surface area contributed by atoms with Crippen molar-refractivity contribution >= 4 is 23.6 Å². The molecule has 7 heteroatoms. The summed E-state index contributed by atoms with van der Waals surface area (Å²) < 4.78 is 5.30. The number of carbonyl (C=O) groups excluding carboxylic acids is 2. The number of hydrogen-bond donors (Lipinski definition) is 0. The first-order valence-electron chi connectivity index (χ1n) is 8.47. The molecule has 1 atom stereocenters. The third-order valence-electron chi connectivity index (χ3n) is 4.40. The predicted octanol–water partition coefficient (Wildman–Crippen LogP) is 1.66. The Hall–Kier alpha value is -1.60. The van der Waals surface area contributed by atoms with Crippen LogP contribution < -0.4 is 0 Å². The van der Waals surface area contributed by atoms with Crippen LogP contribution >= 0.6 is 11.8 Å². The van der Waals surface area contributed by atoms with Gasteiger partial charge >= 0.3 is 0 Å². The number of likely N-dealkylation sites (tertiary alicyclic amines) is 1. The van der Waals surface area contributed by atoms with Crippen molar-refractivity contribution in [3.8, 4) is 0 Å². The van der Waals surface area contributed by atoms with Gasteiger partial charge in [-0.1, -0.05) is 6.92 Å². The average molecular weight is 349 g/mol. The van der Waals surface area contributed by atoms with Crippen molar-refractivity contribution in [1.29, 1.82) is 0 Å². The van der Waals surface area contributed by atoms with Gasteiger partial charge in [-0.05, 0) is 30.7 Å². The monoisotopic (exact) mass is 349 g/mol. The number of nitrogens with zero attached hydrogens (tertiary/aromatic N) is 3. The van der Waals surface area contributed by atoms with Gasteiger partial charge in [0.05, 0.1) is 23.8 Å². The van der Waals surface area contributed by atoms with Crippen LogP contribution in [-0.4, -0.2) is 71.2 Å². The maximum Gasteiger partial charge on any atom is 0.256 e. The fraction of sp³-hybridized carbons (Fsp3) is 0.588. The number of hydrogen-bond acceptors (Lipinski definition) is 5. The van der Waals surface area contributed by atoms with Crippen LogP contribution in [0.15, 0.2) is 23.4 Å². The van der Waals surface area contributed by atoms with Crippen LogP contribution in [-0.2, 0) is 9.53 Å². The van der Waals surface area contributed by atoms with Crippen molar-refractivity contribution in [3.63, 3.8) is 0 Å². The lowest BCUT2D eigenvalue weighted by molar-refractivity contribution is -0.139. The zero-order valence-corrected chi connectivity index (χ0v) is 14.8. The molecule has 24 heavy (non-hydrogen) atoms. The summed E-state index contributed by atoms with van der Waals surface area (Å²) in [6, 6.07) is 3.33. The van der Waals surface area contributed by atoms with E-state index in [1.54, 1.807) is 22.9 Å². The molecule has 0 aromatic carbocycles. The van der Waals surface area contributed by atoms with Crippen molar-refractivity contribution in [2.45, 2.75) is 30.8 Å². The molecule has 1 aromatic rings. The van der Waals surface area contributed by atoms with Gasteiger partial charge in [0, 0.05) is 25.8 Å². The van der Waals surface area contributed by atoms with E-state index in [0.717, 1.165) is 23.6 Å². The second-order valence-corrected chi connectivity index (χ2v) is 7.20. The van der Waals surface area contributed by atoms with Gasteiger partial charge in [0.1, 0.15) is 6.04 Å². The topological polar surface area (TPSA) is 62.7 Å². The van der Waals surface area contributed by atoms with Crippen LogP contribution in [0.25, 0.3) is 0 Å². The van der Waals surface area contributed by atoms with E-state index < -0.39 is 0 Å². The van der Waals surface area contributed by atoms with E-state index in [4.69, 9.17) is 4.74 Å². The first-order chi connectivity index (χ1) is 11.7. The molecule has 3 rings (SSSR count). The predicted molar refractivity (Wildman–Crippen MR) is 92.1 cm³/mol. The van der Waals surface area contributed by atoms with Crippen LogP contribution in [0.5, 0.6) is 0 Å². The van der Waals surface area contributed by atoms with E-state index in [2.05, 4.69) is 11.9 Å². The molecule has 0 spiro atoms. The molecule has 0 unspecified atom stereocenters. The van der Waals surface area contributed by atoms with Crippen LogP contribution in [0.1, 0.15) is 30.1 Å². The first kappa shape index (κ1) is 17.2. The molecule has 2 saturated heterocycles. The second kappa shape index (κ2) is 7.98. The number of morpholine rings is 1. The minimum Gasteiger partial charge on any atom is -0.378 e. The zero-order valence-electron chi connectivity index (χ0n) is 13.9. The number of rotatable bonds is 4. The highest BCUT2D eigenvalue weighted by molar-refractivity contribution is 7.99. The molecule has 2 amide bonds. The molecule has 0 N–H and O–H groups in total. The van der Waals surface area contributed by atoms with Gasteiger partial charge in [-0.25, -0.2) is 4.98 Å². The number of ether oxygens (including phenoxy) is 1. The Bertz CT molecular complexity index is 587. The summed E-state index contributed by atoms with van der Waals surface area (Å²) >= 11 is 1.64. The number of amides is 2. The van der Waals surface area contributed by atoms with Gasteiger partial charge in [-0.2, -0.15) is 0 Å². The third kappa shape index (κ3) is 3.72. The van der Waals surface area contributed by atoms with Gasteiger partial charge < -0.3 is 14.5 Å². The number of pyridine rings is 1. The van der Waals surface area contributed by atoms with Crippen LogP contribution in [0.2, 0.25) is 0 Å². The van der Waals surface area contributed by atoms with E-state index in [9.17, 15) is 9.59 Å². The first-order valence-corrected chi connectivity index (χ1v) is 9.45. The zero-order chi connectivity index (χ0) is 16.9. The largest absolute Gasteiger partial charge is 0.378 e. The van der Waals surface area contributed by atoms with Crippen molar-refractivity contribution in [3.05, 3.63) is 23.9 Å². The molecule has 0 bridgehead atoms. The maximum atomic E-state index is 12.8. The highest BCUT2D eigenvalue weighted by Gasteiger charge is 2.37. The van der Waals surface area contributed by atoms with E-state index >= 15 is 0 Å². The molecule has 2 fully saturated rings. The Balaban J connectivity index is 1.69. The number of aromatic nitrogens is 1. The van der Waals surface area contributed by atoms with Gasteiger partial charge in [0.15, 0.2) is 0 Å². The highest BCUT2D eigenvalue weighted by Crippen LogP contribution is 2.23. The van der Waals surface area contributed by atoms with Crippen LogP contribution in [0, 0.1) is 0 Å². The molecule has 2 aliphatic rings. The van der Waals surface area contributed by atoms with Crippen molar-refractivity contribution in [1.82, 2.24) is 14.8 Å². The second-order valence-electron chi connectivity index (χ2n) is 5.91. The van der Waals surface area contributed by atoms with Gasteiger partial charge in [0.2, 0.25) is 5.91 Å². The van der Waals surface area contributed by atoms with E-state index in [-0.39, 0.29) is 17.9 Å². The molecule has 0 saturated carbocycles. The molecule has 130 valence electrons.